The molecule has 9 nitrogen and oxygen atoms in total. The van der Waals surface area contributed by atoms with E-state index < -0.39 is 23.7 Å². The quantitative estimate of drug-likeness (QED) is 0.229. The molecule has 0 spiro atoms. The number of amides is 2. The van der Waals surface area contributed by atoms with E-state index in [-0.39, 0.29) is 54.2 Å². The van der Waals surface area contributed by atoms with Gasteiger partial charge in [-0.05, 0) is 63.3 Å². The van der Waals surface area contributed by atoms with Gasteiger partial charge in [0.15, 0.2) is 5.67 Å². The van der Waals surface area contributed by atoms with Gasteiger partial charge in [0.2, 0.25) is 5.95 Å². The Bertz CT molecular complexity index is 1610. The Hall–Kier alpha value is -3.29. The van der Waals surface area contributed by atoms with Crippen LogP contribution in [0.15, 0.2) is 24.3 Å². The Morgan fingerprint density at radius 3 is 2.35 bits per heavy atom. The van der Waals surface area contributed by atoms with E-state index in [1.807, 2.05) is 11.0 Å². The molecule has 2 amide bonds. The molecule has 5 rings (SSSR count). The van der Waals surface area contributed by atoms with Crippen molar-refractivity contribution in [3.63, 3.8) is 0 Å². The van der Waals surface area contributed by atoms with Gasteiger partial charge in [0.1, 0.15) is 0 Å². The Morgan fingerprint density at radius 1 is 1.04 bits per heavy atom. The minimum atomic E-state index is -4.23. The summed E-state index contributed by atoms with van der Waals surface area (Å²) in [4.78, 5) is 32.5. The third kappa shape index (κ3) is 7.47. The molecule has 1 aliphatic heterocycles. The van der Waals surface area contributed by atoms with Crippen molar-refractivity contribution >= 4 is 63.4 Å². The minimum Gasteiger partial charge on any atom is -0.378 e. The van der Waals surface area contributed by atoms with Gasteiger partial charge in [0, 0.05) is 32.7 Å². The number of nitrogens with zero attached hydrogens (tertiary/aromatic N) is 3. The molecule has 3 aromatic rings. The van der Waals surface area contributed by atoms with E-state index in [4.69, 9.17) is 32.9 Å². The summed E-state index contributed by atoms with van der Waals surface area (Å²) in [6, 6.07) is 6.41. The van der Waals surface area contributed by atoms with Gasteiger partial charge in [-0.2, -0.15) is 13.2 Å². The molecule has 2 aromatic carbocycles. The fraction of sp³-hybridized carbons (Fsp3) is 0.516. The van der Waals surface area contributed by atoms with Gasteiger partial charge >= 0.3 is 6.18 Å². The lowest BCUT2D eigenvalue weighted by atomic mass is 9.85. The monoisotopic (exact) mass is 686 g/mol. The number of carbonyl (C=O) groups is 2. The van der Waals surface area contributed by atoms with E-state index in [9.17, 15) is 27.2 Å². The van der Waals surface area contributed by atoms with Gasteiger partial charge in [-0.3, -0.25) is 9.59 Å². The number of aryl methyl sites for hydroxylation is 1. The first kappa shape index (κ1) is 34.1. The molecule has 2 aliphatic rings. The topological polar surface area (TPSA) is 101 Å². The zero-order valence-corrected chi connectivity index (χ0v) is 27.2. The minimum absolute atomic E-state index is 0.0222. The molecule has 1 saturated carbocycles. The predicted molar refractivity (Wildman–Crippen MR) is 170 cm³/mol. The summed E-state index contributed by atoms with van der Waals surface area (Å²) in [6.07, 6.45) is -3.78. The standard InChI is InChI=1S/C31H36Cl2F4N6O3/c1-30(2,34)28(45)38-16-17-4-9-21(32)26(25(17)33)41-29-40-22-14-20(23(15-24(22)42(29)3)43-10-12-46-13-11-43)27(44)39-19-7-5-18(6-8-19)31(35,36)37/h4,9,14-15,18-19H,5-8,10-13,16H2,1-3H3,(H,38,45)(H,39,44)(H,40,41). The van der Waals surface area contributed by atoms with E-state index in [0.29, 0.717) is 65.8 Å². The van der Waals surface area contributed by atoms with Gasteiger partial charge in [0.05, 0.1) is 57.1 Å². The largest absolute Gasteiger partial charge is 0.391 e. The van der Waals surface area contributed by atoms with E-state index in [1.54, 1.807) is 29.8 Å². The van der Waals surface area contributed by atoms with E-state index >= 15 is 0 Å². The highest BCUT2D eigenvalue weighted by atomic mass is 35.5. The molecular formula is C31H36Cl2F4N6O3. The fourth-order valence-electron chi connectivity index (χ4n) is 5.76. The van der Waals surface area contributed by atoms with Crippen LogP contribution in [-0.4, -0.2) is 65.6 Å². The molecule has 2 fully saturated rings. The highest BCUT2D eigenvalue weighted by molar-refractivity contribution is 6.39. The summed E-state index contributed by atoms with van der Waals surface area (Å²) < 4.78 is 60.8. The van der Waals surface area contributed by atoms with Gasteiger partial charge in [-0.15, -0.1) is 0 Å². The molecule has 0 bridgehead atoms. The number of halogens is 6. The number of anilines is 3. The zero-order chi connectivity index (χ0) is 33.4. The van der Waals surface area contributed by atoms with Gasteiger partial charge in [-0.25, -0.2) is 9.37 Å². The van der Waals surface area contributed by atoms with Crippen molar-refractivity contribution in [3.8, 4) is 0 Å². The lowest BCUT2D eigenvalue weighted by Gasteiger charge is -2.32. The number of hydrogen-bond donors (Lipinski definition) is 3. The Morgan fingerprint density at radius 2 is 1.72 bits per heavy atom. The second-order valence-electron chi connectivity index (χ2n) is 12.2. The third-order valence-corrected chi connectivity index (χ3v) is 9.25. The number of morpholine rings is 1. The molecule has 0 radical (unpaired) electrons. The van der Waals surface area contributed by atoms with E-state index in [1.165, 1.54) is 0 Å². The molecule has 0 atom stereocenters. The van der Waals surface area contributed by atoms with Crippen LogP contribution < -0.4 is 20.9 Å². The van der Waals surface area contributed by atoms with Crippen LogP contribution in [0.3, 0.4) is 0 Å². The Labute approximate surface area is 273 Å². The maximum Gasteiger partial charge on any atom is 0.391 e. The van der Waals surface area contributed by atoms with Crippen LogP contribution in [0.4, 0.5) is 34.9 Å². The van der Waals surface area contributed by atoms with Crippen LogP contribution in [0, 0.1) is 5.92 Å². The summed E-state index contributed by atoms with van der Waals surface area (Å²) >= 11 is 13.2. The highest BCUT2D eigenvalue weighted by Crippen LogP contribution is 2.39. The van der Waals surface area contributed by atoms with Crippen molar-refractivity contribution in [1.29, 1.82) is 0 Å². The first-order valence-corrected chi connectivity index (χ1v) is 15.8. The second-order valence-corrected chi connectivity index (χ2v) is 13.0. The number of imidazole rings is 1. The number of rotatable bonds is 8. The van der Waals surface area contributed by atoms with Crippen LogP contribution in [0.25, 0.3) is 11.0 Å². The first-order chi connectivity index (χ1) is 21.6. The van der Waals surface area contributed by atoms with Gasteiger partial charge in [-0.1, -0.05) is 29.3 Å². The normalized spacial score (nSPS) is 19.3. The van der Waals surface area contributed by atoms with E-state index in [2.05, 4.69) is 16.0 Å². The average Bonchev–Trinajstić information content (AvgIpc) is 3.31. The molecule has 2 heterocycles. The summed E-state index contributed by atoms with van der Waals surface area (Å²) in [6.45, 7) is 4.36. The molecule has 46 heavy (non-hydrogen) atoms. The molecule has 250 valence electrons. The van der Waals surface area contributed by atoms with Gasteiger partial charge in [0.25, 0.3) is 11.8 Å². The molecule has 0 unspecified atom stereocenters. The SMILES string of the molecule is Cn1c(Nc2c(Cl)ccc(CNC(=O)C(C)(C)F)c2Cl)nc2cc(C(=O)NC3CCC(C(F)(F)F)CC3)c(N3CCOCC3)cc21. The van der Waals surface area contributed by atoms with Crippen LogP contribution in [0.1, 0.15) is 55.5 Å². The van der Waals surface area contributed by atoms with Crippen LogP contribution in [0.2, 0.25) is 10.0 Å². The molecule has 3 N–H and O–H groups in total. The summed E-state index contributed by atoms with van der Waals surface area (Å²) in [5, 5.41) is 9.14. The smallest absolute Gasteiger partial charge is 0.378 e. The maximum atomic E-state index is 14.0. The lowest BCUT2D eigenvalue weighted by molar-refractivity contribution is -0.182. The van der Waals surface area contributed by atoms with Crippen molar-refractivity contribution < 1.29 is 31.9 Å². The summed E-state index contributed by atoms with van der Waals surface area (Å²) in [5.41, 5.74) is 0.991. The van der Waals surface area contributed by atoms with Crippen LogP contribution in [-0.2, 0) is 23.1 Å². The maximum absolute atomic E-state index is 14.0. The van der Waals surface area contributed by atoms with Crippen LogP contribution in [0.5, 0.6) is 0 Å². The molecule has 1 saturated heterocycles. The molecule has 1 aliphatic carbocycles. The number of benzene rings is 2. The van der Waals surface area contributed by atoms with Crippen molar-refractivity contribution in [2.45, 2.75) is 64.0 Å². The molecule has 15 heteroatoms. The first-order valence-electron chi connectivity index (χ1n) is 15.1. The van der Waals surface area contributed by atoms with Gasteiger partial charge < -0.3 is 30.2 Å². The highest BCUT2D eigenvalue weighted by Gasteiger charge is 2.41. The second kappa shape index (κ2) is 13.4. The molecule has 1 aromatic heterocycles. The average molecular weight is 688 g/mol. The number of nitrogens with one attached hydrogen (secondary N) is 3. The Balaban J connectivity index is 1.43. The summed E-state index contributed by atoms with van der Waals surface area (Å²) in [5.74, 6) is -2.14. The zero-order valence-electron chi connectivity index (χ0n) is 25.7. The van der Waals surface area contributed by atoms with Crippen molar-refractivity contribution in [2.24, 2.45) is 13.0 Å². The Kier molecular flexibility index (Phi) is 9.95. The third-order valence-electron chi connectivity index (χ3n) is 8.51. The van der Waals surface area contributed by atoms with Crippen LogP contribution >= 0.6 is 23.2 Å². The summed E-state index contributed by atoms with van der Waals surface area (Å²) in [7, 11) is 1.79. The molecular weight excluding hydrogens is 651 g/mol. The number of aromatic nitrogens is 2. The number of hydrogen-bond acceptors (Lipinski definition) is 6. The fourth-order valence-corrected chi connectivity index (χ4v) is 6.29. The van der Waals surface area contributed by atoms with E-state index in [0.717, 1.165) is 13.8 Å². The van der Waals surface area contributed by atoms with Crippen molar-refractivity contribution in [3.05, 3.63) is 45.4 Å². The predicted octanol–water partition coefficient (Wildman–Crippen LogP) is 6.68. The number of ether oxygens (including phenoxy) is 1. The number of fused-ring (bicyclic) bond motifs is 1. The number of carbonyl (C=O) groups excluding carboxylic acids is 2. The number of alkyl halides is 4. The van der Waals surface area contributed by atoms with Crippen molar-refractivity contribution in [1.82, 2.24) is 20.2 Å². The van der Waals surface area contributed by atoms with Crippen molar-refractivity contribution in [2.75, 3.05) is 36.5 Å². The lowest BCUT2D eigenvalue weighted by Crippen LogP contribution is -2.41.